The minimum Gasteiger partial charge on any atom is -0.457 e. The van der Waals surface area contributed by atoms with Gasteiger partial charge in [-0.3, -0.25) is 9.59 Å². The van der Waals surface area contributed by atoms with Crippen molar-refractivity contribution < 1.29 is 14.3 Å². The van der Waals surface area contributed by atoms with Crippen LogP contribution in [0.1, 0.15) is 32.6 Å². The van der Waals surface area contributed by atoms with E-state index in [0.717, 1.165) is 18.4 Å². The van der Waals surface area contributed by atoms with E-state index in [1.165, 1.54) is 0 Å². The van der Waals surface area contributed by atoms with Crippen LogP contribution >= 0.6 is 0 Å². The molecule has 1 unspecified atom stereocenters. The summed E-state index contributed by atoms with van der Waals surface area (Å²) in [6.45, 7) is 2.21. The van der Waals surface area contributed by atoms with Gasteiger partial charge in [0.25, 0.3) is 0 Å². The van der Waals surface area contributed by atoms with E-state index in [9.17, 15) is 9.59 Å². The molecular formula is C13H16O3. The first-order valence-electron chi connectivity index (χ1n) is 6.09. The molecule has 1 heterocycles. The average Bonchev–Trinajstić information content (AvgIpc) is 2.75. The van der Waals surface area contributed by atoms with Gasteiger partial charge in [0.05, 0.1) is 6.42 Å². The number of esters is 1. The van der Waals surface area contributed by atoms with Crippen LogP contribution in [0.3, 0.4) is 0 Å². The summed E-state index contributed by atoms with van der Waals surface area (Å²) in [4.78, 5) is 22.9. The maximum absolute atomic E-state index is 11.5. The van der Waals surface area contributed by atoms with Gasteiger partial charge in [-0.2, -0.15) is 0 Å². The largest absolute Gasteiger partial charge is 0.457 e. The van der Waals surface area contributed by atoms with Crippen LogP contribution in [0.4, 0.5) is 0 Å². The Morgan fingerprint density at radius 2 is 2.06 bits per heavy atom. The lowest BCUT2D eigenvalue weighted by Gasteiger charge is -2.21. The molecule has 0 bridgehead atoms. The summed E-state index contributed by atoms with van der Waals surface area (Å²) >= 11 is 0. The van der Waals surface area contributed by atoms with Crippen molar-refractivity contribution in [3.63, 3.8) is 0 Å². The fourth-order valence-corrected chi connectivity index (χ4v) is 3.39. The number of ether oxygens (including phenoxy) is 1. The van der Waals surface area contributed by atoms with E-state index < -0.39 is 0 Å². The van der Waals surface area contributed by atoms with Gasteiger partial charge in [0.1, 0.15) is 6.10 Å². The van der Waals surface area contributed by atoms with Crippen LogP contribution in [0.2, 0.25) is 0 Å². The molecule has 0 aromatic heterocycles. The zero-order valence-electron chi connectivity index (χ0n) is 9.44. The fraction of sp³-hybridized carbons (Fsp3) is 0.692. The predicted octanol–water partition coefficient (Wildman–Crippen LogP) is 1.86. The summed E-state index contributed by atoms with van der Waals surface area (Å²) in [6, 6.07) is 0. The Bertz CT molecular complexity index is 383. The second-order valence-electron chi connectivity index (χ2n) is 5.35. The van der Waals surface area contributed by atoms with Gasteiger partial charge in [0.15, 0.2) is 5.78 Å². The van der Waals surface area contributed by atoms with E-state index in [2.05, 4.69) is 6.92 Å². The highest BCUT2D eigenvalue weighted by atomic mass is 16.5. The molecule has 0 aromatic rings. The van der Waals surface area contributed by atoms with Crippen LogP contribution in [0.15, 0.2) is 11.6 Å². The van der Waals surface area contributed by atoms with Crippen LogP contribution < -0.4 is 0 Å². The van der Waals surface area contributed by atoms with E-state index in [4.69, 9.17) is 4.74 Å². The third-order valence-corrected chi connectivity index (χ3v) is 4.30. The minimum absolute atomic E-state index is 0.0890. The number of hydrogen-bond donors (Lipinski definition) is 0. The number of rotatable bonds is 0. The molecule has 0 aromatic carbocycles. The summed E-state index contributed by atoms with van der Waals surface area (Å²) in [5.74, 6) is 1.30. The monoisotopic (exact) mass is 220 g/mol. The highest BCUT2D eigenvalue weighted by Crippen LogP contribution is 2.45. The van der Waals surface area contributed by atoms with Crippen molar-refractivity contribution in [3.8, 4) is 0 Å². The van der Waals surface area contributed by atoms with Crippen LogP contribution in [0, 0.1) is 17.8 Å². The van der Waals surface area contributed by atoms with E-state index in [-0.39, 0.29) is 17.9 Å². The Labute approximate surface area is 94.8 Å². The van der Waals surface area contributed by atoms with Gasteiger partial charge in [-0.25, -0.2) is 0 Å². The van der Waals surface area contributed by atoms with Gasteiger partial charge in [0, 0.05) is 12.3 Å². The first-order valence-corrected chi connectivity index (χ1v) is 6.09. The van der Waals surface area contributed by atoms with Crippen molar-refractivity contribution in [2.75, 3.05) is 0 Å². The number of allylic oxidation sites excluding steroid dienone is 1. The molecule has 0 radical (unpaired) electrons. The quantitative estimate of drug-likeness (QED) is 0.585. The molecule has 4 atom stereocenters. The van der Waals surface area contributed by atoms with E-state index in [1.54, 1.807) is 6.08 Å². The molecule has 1 aliphatic heterocycles. The third kappa shape index (κ3) is 1.41. The van der Waals surface area contributed by atoms with E-state index in [0.29, 0.717) is 30.6 Å². The van der Waals surface area contributed by atoms with Crippen molar-refractivity contribution in [1.29, 1.82) is 0 Å². The molecule has 3 nitrogen and oxygen atoms in total. The standard InChI is InChI=1S/C13H16O3/c1-7-2-3-8-4-12(15)16-13(8)11-6-9(14)5-10(7)11/h6-8,10,13H,2-5H2,1H3/t7-,8-,10-,13?/m0/s1. The molecule has 3 aliphatic rings. The first-order chi connectivity index (χ1) is 7.65. The molecule has 0 spiro atoms. The van der Waals surface area contributed by atoms with Crippen molar-refractivity contribution in [1.82, 2.24) is 0 Å². The zero-order valence-corrected chi connectivity index (χ0v) is 9.44. The number of fused-ring (bicyclic) bond motifs is 3. The van der Waals surface area contributed by atoms with Crippen LogP contribution in [-0.4, -0.2) is 17.9 Å². The molecule has 1 saturated heterocycles. The summed E-state index contributed by atoms with van der Waals surface area (Å²) in [5, 5.41) is 0. The van der Waals surface area contributed by atoms with Crippen molar-refractivity contribution in [2.24, 2.45) is 17.8 Å². The molecule has 3 rings (SSSR count). The Morgan fingerprint density at radius 1 is 1.25 bits per heavy atom. The van der Waals surface area contributed by atoms with Crippen LogP contribution in [-0.2, 0) is 14.3 Å². The topological polar surface area (TPSA) is 43.4 Å². The maximum atomic E-state index is 11.5. The summed E-state index contributed by atoms with van der Waals surface area (Å²) in [5.41, 5.74) is 1.10. The second kappa shape index (κ2) is 3.44. The molecule has 0 amide bonds. The van der Waals surface area contributed by atoms with Crippen molar-refractivity contribution >= 4 is 11.8 Å². The number of carbonyl (C=O) groups excluding carboxylic acids is 2. The third-order valence-electron chi connectivity index (χ3n) is 4.30. The van der Waals surface area contributed by atoms with Gasteiger partial charge in [-0.05, 0) is 36.3 Å². The average molecular weight is 220 g/mol. The number of hydrogen-bond acceptors (Lipinski definition) is 3. The van der Waals surface area contributed by atoms with Gasteiger partial charge >= 0.3 is 5.97 Å². The van der Waals surface area contributed by atoms with Gasteiger partial charge in [-0.15, -0.1) is 0 Å². The zero-order chi connectivity index (χ0) is 11.3. The fourth-order valence-electron chi connectivity index (χ4n) is 3.39. The Morgan fingerprint density at radius 3 is 2.88 bits per heavy atom. The Kier molecular flexibility index (Phi) is 2.16. The molecular weight excluding hydrogens is 204 g/mol. The van der Waals surface area contributed by atoms with Gasteiger partial charge in [0.2, 0.25) is 0 Å². The maximum Gasteiger partial charge on any atom is 0.306 e. The highest BCUT2D eigenvalue weighted by molar-refractivity contribution is 5.94. The van der Waals surface area contributed by atoms with Gasteiger partial charge < -0.3 is 4.74 Å². The lowest BCUT2D eigenvalue weighted by atomic mass is 9.86. The van der Waals surface area contributed by atoms with Crippen molar-refractivity contribution in [3.05, 3.63) is 11.6 Å². The number of carbonyl (C=O) groups is 2. The van der Waals surface area contributed by atoms with Crippen molar-refractivity contribution in [2.45, 2.75) is 38.7 Å². The molecule has 0 N–H and O–H groups in total. The lowest BCUT2D eigenvalue weighted by Crippen LogP contribution is -2.21. The Hall–Kier alpha value is -1.12. The summed E-state index contributed by atoms with van der Waals surface area (Å²) in [6.07, 6.45) is 4.97. The van der Waals surface area contributed by atoms with Crippen LogP contribution in [0.25, 0.3) is 0 Å². The SMILES string of the molecule is C[C@H]1CC[C@H]2CC(=O)OC2C2=CC(=O)C[C@H]21. The summed E-state index contributed by atoms with van der Waals surface area (Å²) < 4.78 is 5.40. The van der Waals surface area contributed by atoms with Crippen LogP contribution in [0.5, 0.6) is 0 Å². The molecule has 1 saturated carbocycles. The van der Waals surface area contributed by atoms with Gasteiger partial charge in [-0.1, -0.05) is 6.92 Å². The molecule has 16 heavy (non-hydrogen) atoms. The Balaban J connectivity index is 1.96. The van der Waals surface area contributed by atoms with E-state index >= 15 is 0 Å². The number of ketones is 1. The molecule has 2 aliphatic carbocycles. The molecule has 2 fully saturated rings. The summed E-state index contributed by atoms with van der Waals surface area (Å²) in [7, 11) is 0. The predicted molar refractivity (Wildman–Crippen MR) is 57.6 cm³/mol. The molecule has 3 heteroatoms. The minimum atomic E-state index is -0.0939. The normalized spacial score (nSPS) is 42.2. The lowest BCUT2D eigenvalue weighted by molar-refractivity contribution is -0.140. The smallest absolute Gasteiger partial charge is 0.306 e. The highest BCUT2D eigenvalue weighted by Gasteiger charge is 2.45. The second-order valence-corrected chi connectivity index (χ2v) is 5.35. The first kappa shape index (κ1) is 10.1. The van der Waals surface area contributed by atoms with E-state index in [1.807, 2.05) is 0 Å². The molecule has 86 valence electrons.